The summed E-state index contributed by atoms with van der Waals surface area (Å²) in [4.78, 5) is 11.5. The second kappa shape index (κ2) is 4.78. The third-order valence-electron chi connectivity index (χ3n) is 1.38. The van der Waals surface area contributed by atoms with E-state index < -0.39 is 48.3 Å². The average Bonchev–Trinajstić information content (AvgIpc) is 2.27. The molecule has 14 heavy (non-hydrogen) atoms. The van der Waals surface area contributed by atoms with Crippen LogP contribution in [0.25, 0.3) is 0 Å². The van der Waals surface area contributed by atoms with Gasteiger partial charge in [-0.3, -0.25) is 0 Å². The Hall–Kier alpha value is -1.33. The van der Waals surface area contributed by atoms with E-state index in [-0.39, 0.29) is 6.61 Å². The summed E-state index contributed by atoms with van der Waals surface area (Å²) in [5.74, 6) is -0.978. The van der Waals surface area contributed by atoms with Crippen LogP contribution in [-0.4, -0.2) is 29.7 Å². The summed E-state index contributed by atoms with van der Waals surface area (Å²) in [5.41, 5.74) is -1.09. The summed E-state index contributed by atoms with van der Waals surface area (Å²) >= 11 is 0. The molecular weight excluding hydrogens is 183 g/mol. The molecule has 0 radical (unpaired) electrons. The average molecular weight is 198 g/mol. The molecule has 0 atom stereocenters. The number of carbonyl (C=O) groups excluding carboxylic acids is 1. The van der Waals surface area contributed by atoms with E-state index in [2.05, 4.69) is 4.74 Å². The molecule has 0 aliphatic rings. The largest absolute Gasteiger partial charge is 0.488 e. The first kappa shape index (κ1) is 6.21. The number of ether oxygens (including phenoxy) is 1. The Morgan fingerprint density at radius 3 is 2.50 bits per heavy atom. The topological polar surface area (TPSA) is 66.8 Å². The normalized spacial score (nSPS) is 13.6. The van der Waals surface area contributed by atoms with Gasteiger partial charge in [-0.2, -0.15) is 0 Å². The third kappa shape index (κ3) is 2.58. The molecule has 74 valence electrons. The number of carbonyl (C=O) groups is 1. The van der Waals surface area contributed by atoms with Crippen molar-refractivity contribution in [2.45, 2.75) is 6.92 Å². The summed E-state index contributed by atoms with van der Waals surface area (Å²) in [6, 6.07) is -2.65. The van der Waals surface area contributed by atoms with Gasteiger partial charge in [0.2, 0.25) is 0 Å². The summed E-state index contributed by atoms with van der Waals surface area (Å²) in [6.45, 7) is 1.57. The lowest BCUT2D eigenvalue weighted by Gasteiger charge is -2.02. The molecule has 5 heteroatoms. The van der Waals surface area contributed by atoms with Crippen molar-refractivity contribution in [3.8, 4) is 0 Å². The number of benzene rings is 1. The zero-order valence-corrected chi connectivity index (χ0v) is 7.50. The van der Waals surface area contributed by atoms with Gasteiger partial charge in [-0.05, 0) is 24.5 Å². The predicted molar refractivity (Wildman–Crippen MR) is 52.2 cm³/mol. The van der Waals surface area contributed by atoms with Crippen molar-refractivity contribution < 1.29 is 25.1 Å². The first-order valence-corrected chi connectivity index (χ1v) is 3.96. The zero-order chi connectivity index (χ0) is 14.0. The van der Waals surface area contributed by atoms with E-state index in [1.54, 1.807) is 6.92 Å². The first-order valence-electron chi connectivity index (χ1n) is 5.96. The second-order valence-electron chi connectivity index (χ2n) is 2.38. The minimum absolute atomic E-state index is 0.0305. The van der Waals surface area contributed by atoms with Crippen molar-refractivity contribution in [2.24, 2.45) is 0 Å². The highest BCUT2D eigenvalue weighted by atomic mass is 16.5. The van der Waals surface area contributed by atoms with E-state index in [1.165, 1.54) is 0 Å². The van der Waals surface area contributed by atoms with E-state index >= 15 is 0 Å². The van der Waals surface area contributed by atoms with E-state index in [4.69, 9.17) is 15.5 Å². The summed E-state index contributed by atoms with van der Waals surface area (Å²) in [6.07, 6.45) is 0. The summed E-state index contributed by atoms with van der Waals surface area (Å²) in [7, 11) is -2.14. The highest BCUT2D eigenvalue weighted by Gasteiger charge is 2.12. The van der Waals surface area contributed by atoms with Crippen molar-refractivity contribution in [3.05, 3.63) is 29.7 Å². The van der Waals surface area contributed by atoms with E-state index in [0.717, 1.165) is 0 Å². The van der Waals surface area contributed by atoms with Crippen LogP contribution in [0.4, 0.5) is 0 Å². The van der Waals surface area contributed by atoms with Crippen LogP contribution in [0.2, 0.25) is 0 Å². The van der Waals surface area contributed by atoms with Crippen molar-refractivity contribution in [2.75, 3.05) is 6.61 Å². The molecule has 2 N–H and O–H groups in total. The molecular formula is C9H11BO4. The van der Waals surface area contributed by atoms with Crippen LogP contribution < -0.4 is 5.46 Å². The molecule has 1 aromatic carbocycles. The summed E-state index contributed by atoms with van der Waals surface area (Å²) in [5, 5.41) is 18.0. The Bertz CT molecular complexity index is 463. The van der Waals surface area contributed by atoms with Gasteiger partial charge < -0.3 is 14.8 Å². The van der Waals surface area contributed by atoms with Gasteiger partial charge in [0.25, 0.3) is 0 Å². The van der Waals surface area contributed by atoms with Crippen LogP contribution in [0.5, 0.6) is 0 Å². The fourth-order valence-electron chi connectivity index (χ4n) is 0.757. The van der Waals surface area contributed by atoms with Gasteiger partial charge in [-0.15, -0.1) is 0 Å². The Morgan fingerprint density at radius 2 is 2.07 bits per heavy atom. The molecule has 0 bridgehead atoms. The molecule has 0 aromatic heterocycles. The van der Waals surface area contributed by atoms with Crippen molar-refractivity contribution in [3.63, 3.8) is 0 Å². The Labute approximate surface area is 87.9 Å². The maximum Gasteiger partial charge on any atom is 0.488 e. The van der Waals surface area contributed by atoms with Crippen LogP contribution >= 0.6 is 0 Å². The molecule has 4 nitrogen and oxygen atoms in total. The maximum absolute atomic E-state index is 11.5. The molecule has 0 unspecified atom stereocenters. The van der Waals surface area contributed by atoms with Crippen molar-refractivity contribution in [1.82, 2.24) is 0 Å². The minimum Gasteiger partial charge on any atom is -0.462 e. The van der Waals surface area contributed by atoms with Crippen LogP contribution in [0.3, 0.4) is 0 Å². The van der Waals surface area contributed by atoms with Gasteiger partial charge in [0, 0.05) is 0 Å². The molecule has 0 amide bonds. The van der Waals surface area contributed by atoms with Gasteiger partial charge in [0.15, 0.2) is 0 Å². The van der Waals surface area contributed by atoms with Gasteiger partial charge in [0.1, 0.15) is 0 Å². The fraction of sp³-hybridized carbons (Fsp3) is 0.222. The molecule has 0 saturated heterocycles. The monoisotopic (exact) mass is 198 g/mol. The van der Waals surface area contributed by atoms with Gasteiger partial charge in [0.05, 0.1) is 17.7 Å². The predicted octanol–water partition coefficient (Wildman–Crippen LogP) is -0.457. The lowest BCUT2D eigenvalue weighted by atomic mass is 9.80. The van der Waals surface area contributed by atoms with Crippen LogP contribution in [0.1, 0.15) is 22.8 Å². The molecule has 0 fully saturated rings. The third-order valence-corrected chi connectivity index (χ3v) is 1.38. The lowest BCUT2D eigenvalue weighted by Crippen LogP contribution is -2.29. The van der Waals surface area contributed by atoms with Gasteiger partial charge in [-0.25, -0.2) is 4.79 Å². The lowest BCUT2D eigenvalue weighted by molar-refractivity contribution is 0.0526. The number of esters is 1. The molecule has 1 rings (SSSR count). The smallest absolute Gasteiger partial charge is 0.462 e. The molecule has 0 spiro atoms. The van der Waals surface area contributed by atoms with Crippen LogP contribution in [-0.2, 0) is 4.74 Å². The maximum atomic E-state index is 11.5. The van der Waals surface area contributed by atoms with Crippen LogP contribution in [0, 0.1) is 0 Å². The standard InChI is InChI=1S/C9H11BO4/c1-2-14-9(11)7-3-5-8(6-4-7)10(12)13/h3-6,12-13H,2H2,1H3/i3D,4D,5D,6D. The number of hydrogen-bond acceptors (Lipinski definition) is 4. The van der Waals surface area contributed by atoms with Crippen LogP contribution in [0.15, 0.2) is 24.2 Å². The zero-order valence-electron chi connectivity index (χ0n) is 11.5. The molecule has 0 saturated carbocycles. The highest BCUT2D eigenvalue weighted by molar-refractivity contribution is 6.58. The Balaban J connectivity index is 3.53. The van der Waals surface area contributed by atoms with E-state index in [1.807, 2.05) is 0 Å². The van der Waals surface area contributed by atoms with Crippen molar-refractivity contribution in [1.29, 1.82) is 0 Å². The minimum atomic E-state index is -2.14. The Kier molecular flexibility index (Phi) is 2.12. The summed E-state index contributed by atoms with van der Waals surface area (Å²) < 4.78 is 34.8. The highest BCUT2D eigenvalue weighted by Crippen LogP contribution is 1.99. The van der Waals surface area contributed by atoms with Gasteiger partial charge >= 0.3 is 13.1 Å². The Morgan fingerprint density at radius 1 is 1.50 bits per heavy atom. The SMILES string of the molecule is [2H]c1c([2H])c(C(=O)OCC)c([2H])c([2H])c1B(O)O. The molecule has 0 aliphatic heterocycles. The number of rotatable bonds is 3. The van der Waals surface area contributed by atoms with E-state index in [9.17, 15) is 4.79 Å². The molecule has 0 aliphatic carbocycles. The first-order chi connectivity index (χ1) is 8.32. The second-order valence-corrected chi connectivity index (χ2v) is 2.38. The van der Waals surface area contributed by atoms with E-state index in [0.29, 0.717) is 0 Å². The molecule has 0 heterocycles. The quantitative estimate of drug-likeness (QED) is 0.509. The van der Waals surface area contributed by atoms with Gasteiger partial charge in [-0.1, -0.05) is 12.1 Å². The molecule has 1 aromatic rings. The number of hydrogen-bond donors (Lipinski definition) is 2. The van der Waals surface area contributed by atoms with Crippen molar-refractivity contribution >= 4 is 18.6 Å². The fourth-order valence-corrected chi connectivity index (χ4v) is 0.757.